The molecule has 0 amide bonds. The summed E-state index contributed by atoms with van der Waals surface area (Å²) in [5, 5.41) is 17.3. The van der Waals surface area contributed by atoms with E-state index in [1.165, 1.54) is 42.8 Å². The van der Waals surface area contributed by atoms with Crippen LogP contribution in [0.2, 0.25) is 0 Å². The molecule has 0 aromatic heterocycles. The van der Waals surface area contributed by atoms with Gasteiger partial charge in [0.1, 0.15) is 0 Å². The van der Waals surface area contributed by atoms with Crippen LogP contribution in [-0.2, 0) is 0 Å². The Balaban J connectivity index is 1.89. The molecule has 2 rings (SSSR count). The van der Waals surface area contributed by atoms with Gasteiger partial charge in [0.15, 0.2) is 0 Å². The second-order valence-electron chi connectivity index (χ2n) is 5.63. The Bertz CT molecular complexity index is 444. The lowest BCUT2D eigenvalue weighted by molar-refractivity contribution is 0.185. The van der Waals surface area contributed by atoms with Gasteiger partial charge in [0.2, 0.25) is 0 Å². The van der Waals surface area contributed by atoms with Gasteiger partial charge in [-0.05, 0) is 36.5 Å². The molecule has 0 radical (unpaired) electrons. The van der Waals surface area contributed by atoms with Crippen molar-refractivity contribution in [1.29, 1.82) is 5.41 Å². The van der Waals surface area contributed by atoms with Crippen molar-refractivity contribution in [2.24, 2.45) is 11.7 Å². The van der Waals surface area contributed by atoms with Crippen molar-refractivity contribution in [2.45, 2.75) is 49.5 Å². The predicted molar refractivity (Wildman–Crippen MR) is 85.2 cm³/mol. The minimum Gasteiger partial charge on any atom is -0.388 e. The lowest BCUT2D eigenvalue weighted by Crippen LogP contribution is -2.14. The number of hydrogen-bond acceptors (Lipinski definition) is 3. The molecule has 1 fully saturated rings. The van der Waals surface area contributed by atoms with E-state index in [2.05, 4.69) is 6.07 Å². The molecule has 0 aliphatic heterocycles. The average molecular weight is 292 g/mol. The molecule has 0 bridgehead atoms. The first-order chi connectivity index (χ1) is 9.65. The third kappa shape index (κ3) is 4.84. The van der Waals surface area contributed by atoms with Crippen LogP contribution in [0.3, 0.4) is 0 Å². The molecule has 1 aromatic rings. The van der Waals surface area contributed by atoms with Gasteiger partial charge in [-0.3, -0.25) is 5.41 Å². The van der Waals surface area contributed by atoms with Crippen LogP contribution in [0, 0.1) is 11.3 Å². The lowest BCUT2D eigenvalue weighted by atomic mass is 9.91. The van der Waals surface area contributed by atoms with E-state index in [0.29, 0.717) is 0 Å². The number of rotatable bonds is 6. The van der Waals surface area contributed by atoms with Crippen LogP contribution in [0.15, 0.2) is 29.2 Å². The van der Waals surface area contributed by atoms with Crippen molar-refractivity contribution < 1.29 is 5.11 Å². The van der Waals surface area contributed by atoms with Crippen molar-refractivity contribution in [3.8, 4) is 0 Å². The SMILES string of the molecule is N=C(N)CC(O)c1cccc(SCC2CCCCC2)c1. The third-order valence-electron chi connectivity index (χ3n) is 3.87. The van der Waals surface area contributed by atoms with Crippen LogP contribution in [0.5, 0.6) is 0 Å². The molecule has 0 heterocycles. The number of nitrogens with two attached hydrogens (primary N) is 1. The molecule has 1 atom stereocenters. The Morgan fingerprint density at radius 3 is 2.80 bits per heavy atom. The van der Waals surface area contributed by atoms with Crippen molar-refractivity contribution >= 4 is 17.6 Å². The maximum absolute atomic E-state index is 10.0. The van der Waals surface area contributed by atoms with Crippen molar-refractivity contribution in [3.63, 3.8) is 0 Å². The highest BCUT2D eigenvalue weighted by molar-refractivity contribution is 7.99. The van der Waals surface area contributed by atoms with E-state index < -0.39 is 6.10 Å². The zero-order valence-corrected chi connectivity index (χ0v) is 12.7. The molecule has 4 N–H and O–H groups in total. The number of benzene rings is 1. The fraction of sp³-hybridized carbons (Fsp3) is 0.562. The van der Waals surface area contributed by atoms with E-state index in [-0.39, 0.29) is 12.3 Å². The molecule has 0 saturated heterocycles. The number of aliphatic hydroxyl groups is 1. The average Bonchev–Trinajstić information content (AvgIpc) is 2.46. The van der Waals surface area contributed by atoms with Crippen LogP contribution in [0.4, 0.5) is 0 Å². The Morgan fingerprint density at radius 2 is 2.10 bits per heavy atom. The van der Waals surface area contributed by atoms with Crippen LogP contribution in [0.25, 0.3) is 0 Å². The Morgan fingerprint density at radius 1 is 1.35 bits per heavy atom. The molecule has 110 valence electrons. The minimum absolute atomic E-state index is 0.0257. The van der Waals surface area contributed by atoms with Crippen LogP contribution in [0.1, 0.15) is 50.2 Å². The largest absolute Gasteiger partial charge is 0.388 e. The molecular formula is C16H24N2OS. The van der Waals surface area contributed by atoms with Gasteiger partial charge in [-0.25, -0.2) is 0 Å². The molecule has 20 heavy (non-hydrogen) atoms. The van der Waals surface area contributed by atoms with E-state index in [1.54, 1.807) is 0 Å². The first kappa shape index (κ1) is 15.4. The predicted octanol–water partition coefficient (Wildman–Crippen LogP) is 3.72. The molecular weight excluding hydrogens is 268 g/mol. The molecule has 3 nitrogen and oxygen atoms in total. The molecule has 0 spiro atoms. The quantitative estimate of drug-likeness (QED) is 0.425. The van der Waals surface area contributed by atoms with Crippen molar-refractivity contribution in [1.82, 2.24) is 0 Å². The summed E-state index contributed by atoms with van der Waals surface area (Å²) in [6.45, 7) is 0. The van der Waals surface area contributed by atoms with Gasteiger partial charge in [0.05, 0.1) is 11.9 Å². The summed E-state index contributed by atoms with van der Waals surface area (Å²) in [5.74, 6) is 2.05. The summed E-state index contributed by atoms with van der Waals surface area (Å²) in [5.41, 5.74) is 6.20. The molecule has 1 saturated carbocycles. The normalized spacial score (nSPS) is 17.9. The van der Waals surface area contributed by atoms with Crippen LogP contribution < -0.4 is 5.73 Å². The monoisotopic (exact) mass is 292 g/mol. The highest BCUT2D eigenvalue weighted by Gasteiger charge is 2.14. The van der Waals surface area contributed by atoms with Gasteiger partial charge in [-0.1, -0.05) is 31.4 Å². The second-order valence-corrected chi connectivity index (χ2v) is 6.73. The first-order valence-electron chi connectivity index (χ1n) is 7.39. The van der Waals surface area contributed by atoms with Gasteiger partial charge in [-0.15, -0.1) is 11.8 Å². The molecule has 1 aromatic carbocycles. The molecule has 1 unspecified atom stereocenters. The minimum atomic E-state index is -0.664. The van der Waals surface area contributed by atoms with E-state index in [0.717, 1.165) is 11.5 Å². The molecule has 1 aliphatic carbocycles. The van der Waals surface area contributed by atoms with E-state index in [4.69, 9.17) is 11.1 Å². The standard InChI is InChI=1S/C16H24N2OS/c17-16(18)10-15(19)13-7-4-8-14(9-13)20-11-12-5-2-1-3-6-12/h4,7-9,12,15,19H,1-3,5-6,10-11H2,(H3,17,18). The van der Waals surface area contributed by atoms with E-state index in [9.17, 15) is 5.11 Å². The van der Waals surface area contributed by atoms with Gasteiger partial charge in [0, 0.05) is 17.1 Å². The van der Waals surface area contributed by atoms with Crippen molar-refractivity contribution in [3.05, 3.63) is 29.8 Å². The van der Waals surface area contributed by atoms with Gasteiger partial charge < -0.3 is 10.8 Å². The zero-order chi connectivity index (χ0) is 14.4. The topological polar surface area (TPSA) is 70.1 Å². The smallest absolute Gasteiger partial charge is 0.0934 e. The highest BCUT2D eigenvalue weighted by Crippen LogP contribution is 2.31. The highest BCUT2D eigenvalue weighted by atomic mass is 32.2. The Hall–Kier alpha value is -1.00. The van der Waals surface area contributed by atoms with Gasteiger partial charge in [-0.2, -0.15) is 0 Å². The lowest BCUT2D eigenvalue weighted by Gasteiger charge is -2.21. The summed E-state index contributed by atoms with van der Waals surface area (Å²) in [6.07, 6.45) is 6.41. The summed E-state index contributed by atoms with van der Waals surface area (Å²) in [7, 11) is 0. The Labute approximate surface area is 125 Å². The zero-order valence-electron chi connectivity index (χ0n) is 11.8. The maximum atomic E-state index is 10.0. The van der Waals surface area contributed by atoms with Gasteiger partial charge >= 0.3 is 0 Å². The number of amidine groups is 1. The number of aliphatic hydroxyl groups excluding tert-OH is 1. The molecule has 1 aliphatic rings. The number of nitrogens with one attached hydrogen (secondary N) is 1. The number of thioether (sulfide) groups is 1. The maximum Gasteiger partial charge on any atom is 0.0934 e. The van der Waals surface area contributed by atoms with E-state index in [1.807, 2.05) is 30.0 Å². The van der Waals surface area contributed by atoms with E-state index >= 15 is 0 Å². The van der Waals surface area contributed by atoms with Crippen LogP contribution >= 0.6 is 11.8 Å². The summed E-state index contributed by atoms with van der Waals surface area (Å²) < 4.78 is 0. The second kappa shape index (κ2) is 7.70. The first-order valence-corrected chi connectivity index (χ1v) is 8.37. The fourth-order valence-electron chi connectivity index (χ4n) is 2.71. The molecule has 4 heteroatoms. The third-order valence-corrected chi connectivity index (χ3v) is 5.09. The van der Waals surface area contributed by atoms with Crippen molar-refractivity contribution in [2.75, 3.05) is 5.75 Å². The summed E-state index contributed by atoms with van der Waals surface area (Å²) in [6, 6.07) is 8.00. The Kier molecular flexibility index (Phi) is 5.92. The fourth-order valence-corrected chi connectivity index (χ4v) is 3.86. The summed E-state index contributed by atoms with van der Waals surface area (Å²) >= 11 is 1.88. The summed E-state index contributed by atoms with van der Waals surface area (Å²) in [4.78, 5) is 1.20. The number of hydrogen-bond donors (Lipinski definition) is 3. The van der Waals surface area contributed by atoms with Crippen LogP contribution in [-0.4, -0.2) is 16.7 Å². The van der Waals surface area contributed by atoms with Gasteiger partial charge in [0.25, 0.3) is 0 Å².